The van der Waals surface area contributed by atoms with Crippen LogP contribution in [-0.4, -0.2) is 25.4 Å². The first-order valence-corrected chi connectivity index (χ1v) is 8.49. The highest BCUT2D eigenvalue weighted by Crippen LogP contribution is 2.34. The Morgan fingerprint density at radius 2 is 1.65 bits per heavy atom. The van der Waals surface area contributed by atoms with Gasteiger partial charge in [-0.05, 0) is 49.4 Å². The summed E-state index contributed by atoms with van der Waals surface area (Å²) in [6.45, 7) is 1.71. The van der Waals surface area contributed by atoms with E-state index in [2.05, 4.69) is 5.32 Å². The molecule has 0 spiro atoms. The summed E-state index contributed by atoms with van der Waals surface area (Å²) in [4.78, 5) is 13.1. The highest BCUT2D eigenvalue weighted by Gasteiger charge is 2.30. The maximum absolute atomic E-state index is 12.6. The Morgan fingerprint density at radius 1 is 1.04 bits per heavy atom. The minimum Gasteiger partial charge on any atom is -0.493 e. The van der Waals surface area contributed by atoms with Crippen molar-refractivity contribution in [3.8, 4) is 11.5 Å². The number of carbonyl (C=O) groups excluding carboxylic acids is 1. The normalized spacial score (nSPS) is 12.4. The van der Waals surface area contributed by atoms with Gasteiger partial charge in [0.25, 0.3) is 0 Å². The summed E-state index contributed by atoms with van der Waals surface area (Å²) in [5.74, 6) is 0.816. The van der Waals surface area contributed by atoms with E-state index in [1.165, 1.54) is 38.1 Å². The second kappa shape index (κ2) is 8.35. The fourth-order valence-electron chi connectivity index (χ4n) is 2.13. The third-order valence-corrected chi connectivity index (χ3v) is 4.61. The second-order valence-electron chi connectivity index (χ2n) is 5.34. The van der Waals surface area contributed by atoms with Gasteiger partial charge in [-0.1, -0.05) is 0 Å². The predicted molar refractivity (Wildman–Crippen MR) is 94.9 cm³/mol. The molecule has 0 fully saturated rings. The molecule has 1 N–H and O–H groups in total. The zero-order chi connectivity index (χ0) is 19.3. The van der Waals surface area contributed by atoms with Crippen molar-refractivity contribution < 1.29 is 27.4 Å². The van der Waals surface area contributed by atoms with E-state index in [-0.39, 0.29) is 5.91 Å². The van der Waals surface area contributed by atoms with Crippen molar-refractivity contribution in [1.82, 2.24) is 0 Å². The smallest absolute Gasteiger partial charge is 0.416 e. The molecule has 8 heteroatoms. The first kappa shape index (κ1) is 20.0. The molecule has 0 heterocycles. The topological polar surface area (TPSA) is 47.6 Å². The Bertz CT molecular complexity index is 763. The number of rotatable bonds is 6. The molecule has 2 aromatic rings. The van der Waals surface area contributed by atoms with Crippen molar-refractivity contribution in [2.75, 3.05) is 19.5 Å². The van der Waals surface area contributed by atoms with E-state index in [1.807, 2.05) is 0 Å². The summed E-state index contributed by atoms with van der Waals surface area (Å²) in [7, 11) is 3.05. The molecule has 0 aliphatic rings. The van der Waals surface area contributed by atoms with E-state index in [0.717, 1.165) is 17.0 Å². The molecule has 0 saturated carbocycles. The first-order chi connectivity index (χ1) is 12.2. The predicted octanol–water partition coefficient (Wildman–Crippen LogP) is 4.84. The van der Waals surface area contributed by atoms with Crippen molar-refractivity contribution in [3.63, 3.8) is 0 Å². The quantitative estimate of drug-likeness (QED) is 0.723. The van der Waals surface area contributed by atoms with Crippen molar-refractivity contribution in [1.29, 1.82) is 0 Å². The summed E-state index contributed by atoms with van der Waals surface area (Å²) in [5, 5.41) is 2.15. The van der Waals surface area contributed by atoms with Gasteiger partial charge in [0.05, 0.1) is 25.0 Å². The molecule has 140 valence electrons. The lowest BCUT2D eigenvalue weighted by Crippen LogP contribution is -2.22. The van der Waals surface area contributed by atoms with Gasteiger partial charge < -0.3 is 14.8 Å². The molecule has 0 aliphatic heterocycles. The van der Waals surface area contributed by atoms with E-state index >= 15 is 0 Å². The van der Waals surface area contributed by atoms with Gasteiger partial charge in [-0.25, -0.2) is 0 Å². The number of thioether (sulfide) groups is 1. The van der Waals surface area contributed by atoms with Crippen molar-refractivity contribution in [2.45, 2.75) is 23.2 Å². The van der Waals surface area contributed by atoms with E-state index in [4.69, 9.17) is 9.47 Å². The Kier molecular flexibility index (Phi) is 6.42. The van der Waals surface area contributed by atoms with E-state index in [9.17, 15) is 18.0 Å². The highest BCUT2D eigenvalue weighted by atomic mass is 32.2. The Morgan fingerprint density at radius 3 is 2.19 bits per heavy atom. The van der Waals surface area contributed by atoms with Crippen LogP contribution in [0, 0.1) is 0 Å². The van der Waals surface area contributed by atoms with Crippen LogP contribution in [0.5, 0.6) is 11.5 Å². The molecule has 4 nitrogen and oxygen atoms in total. The maximum Gasteiger partial charge on any atom is 0.416 e. The molecular formula is C18H18F3NO3S. The van der Waals surface area contributed by atoms with Crippen LogP contribution >= 0.6 is 11.8 Å². The van der Waals surface area contributed by atoms with Gasteiger partial charge in [0.1, 0.15) is 0 Å². The number of anilines is 1. The fourth-order valence-corrected chi connectivity index (χ4v) is 3.03. The SMILES string of the molecule is COc1ccc(S[C@H](C)C(=O)Nc2ccc(C(F)(F)F)cc2)cc1OC. The fraction of sp³-hybridized carbons (Fsp3) is 0.278. The van der Waals surface area contributed by atoms with Crippen LogP contribution in [0.3, 0.4) is 0 Å². The lowest BCUT2D eigenvalue weighted by Gasteiger charge is -2.14. The van der Waals surface area contributed by atoms with Crippen molar-refractivity contribution in [2.24, 2.45) is 0 Å². The summed E-state index contributed by atoms with van der Waals surface area (Å²) >= 11 is 1.30. The number of ether oxygens (including phenoxy) is 2. The van der Waals surface area contributed by atoms with Crippen molar-refractivity contribution >= 4 is 23.4 Å². The molecule has 0 unspecified atom stereocenters. The molecule has 0 aliphatic carbocycles. The van der Waals surface area contributed by atoms with E-state index in [0.29, 0.717) is 17.2 Å². The van der Waals surface area contributed by atoms with Crippen LogP contribution in [0.15, 0.2) is 47.4 Å². The number of methoxy groups -OCH3 is 2. The van der Waals surface area contributed by atoms with Gasteiger partial charge in [-0.15, -0.1) is 11.8 Å². The second-order valence-corrected chi connectivity index (χ2v) is 6.76. The van der Waals surface area contributed by atoms with Crippen LogP contribution < -0.4 is 14.8 Å². The van der Waals surface area contributed by atoms with Gasteiger partial charge in [0, 0.05) is 10.6 Å². The summed E-state index contributed by atoms with van der Waals surface area (Å²) in [6, 6.07) is 9.62. The van der Waals surface area contributed by atoms with Crippen molar-refractivity contribution in [3.05, 3.63) is 48.0 Å². The Hall–Kier alpha value is -2.35. The minimum absolute atomic E-state index is 0.308. The molecule has 2 aromatic carbocycles. The van der Waals surface area contributed by atoms with Crippen LogP contribution in [0.1, 0.15) is 12.5 Å². The van der Waals surface area contributed by atoms with Crippen LogP contribution in [-0.2, 0) is 11.0 Å². The first-order valence-electron chi connectivity index (χ1n) is 7.61. The summed E-state index contributed by atoms with van der Waals surface area (Å²) in [6.07, 6.45) is -4.40. The summed E-state index contributed by atoms with van der Waals surface area (Å²) < 4.78 is 48.1. The van der Waals surface area contributed by atoms with Crippen LogP contribution in [0.4, 0.5) is 18.9 Å². The Labute approximate surface area is 153 Å². The molecule has 0 radical (unpaired) electrons. The zero-order valence-electron chi connectivity index (χ0n) is 14.4. The maximum atomic E-state index is 12.6. The monoisotopic (exact) mass is 385 g/mol. The number of halogens is 3. The van der Waals surface area contributed by atoms with Gasteiger partial charge >= 0.3 is 6.18 Å². The lowest BCUT2D eigenvalue weighted by molar-refractivity contribution is -0.137. The molecule has 2 rings (SSSR count). The van der Waals surface area contributed by atoms with Gasteiger partial charge in [0.15, 0.2) is 11.5 Å². The molecule has 0 saturated heterocycles. The minimum atomic E-state index is -4.40. The summed E-state index contributed by atoms with van der Waals surface area (Å²) in [5.41, 5.74) is -0.453. The number of hydrogen-bond donors (Lipinski definition) is 1. The molecule has 0 bridgehead atoms. The number of hydrogen-bond acceptors (Lipinski definition) is 4. The highest BCUT2D eigenvalue weighted by molar-refractivity contribution is 8.00. The third kappa shape index (κ3) is 5.08. The van der Waals surface area contributed by atoms with Gasteiger partial charge in [-0.2, -0.15) is 13.2 Å². The largest absolute Gasteiger partial charge is 0.493 e. The number of nitrogens with one attached hydrogen (secondary N) is 1. The zero-order valence-corrected chi connectivity index (χ0v) is 15.2. The average Bonchev–Trinajstić information content (AvgIpc) is 2.61. The van der Waals surface area contributed by atoms with Gasteiger partial charge in [-0.3, -0.25) is 4.79 Å². The molecule has 0 aromatic heterocycles. The molecule has 1 atom stereocenters. The number of carbonyl (C=O) groups is 1. The number of alkyl halides is 3. The van der Waals surface area contributed by atoms with Crippen LogP contribution in [0.25, 0.3) is 0 Å². The third-order valence-electron chi connectivity index (χ3n) is 3.52. The Balaban J connectivity index is 2.01. The molecule has 26 heavy (non-hydrogen) atoms. The van der Waals surface area contributed by atoms with E-state index < -0.39 is 17.0 Å². The standard InChI is InChI=1S/C18H18F3NO3S/c1-11(26-14-8-9-15(24-2)16(10-14)25-3)17(23)22-13-6-4-12(5-7-13)18(19,20)21/h4-11H,1-3H3,(H,22,23)/t11-/m1/s1. The van der Waals surface area contributed by atoms with E-state index in [1.54, 1.807) is 25.1 Å². The molecule has 1 amide bonds. The lowest BCUT2D eigenvalue weighted by atomic mass is 10.2. The number of benzene rings is 2. The van der Waals surface area contributed by atoms with Gasteiger partial charge in [0.2, 0.25) is 5.91 Å². The average molecular weight is 385 g/mol. The number of amides is 1. The van der Waals surface area contributed by atoms with Crippen LogP contribution in [0.2, 0.25) is 0 Å². The molecular weight excluding hydrogens is 367 g/mol.